The van der Waals surface area contributed by atoms with E-state index in [4.69, 9.17) is 29.9 Å². The molecule has 2 N–H and O–H groups in total. The molecule has 554 valence electrons. The average Bonchev–Trinajstić information content (AvgIpc) is 1.58. The second kappa shape index (κ2) is 35.4. The molecule has 0 unspecified atom stereocenters. The molecule has 0 saturated heterocycles. The molecule has 0 saturated carbocycles. The lowest BCUT2D eigenvalue weighted by atomic mass is 9.90. The summed E-state index contributed by atoms with van der Waals surface area (Å²) < 4.78 is 0. The molecule has 0 aliphatic carbocycles. The molecule has 2 aliphatic rings. The summed E-state index contributed by atoms with van der Waals surface area (Å²) >= 11 is 0. The third-order valence-corrected chi connectivity index (χ3v) is 23.2. The number of nitrogens with zero attached hydrogens (tertiary/aromatic N) is 6. The van der Waals surface area contributed by atoms with Crippen molar-refractivity contribution >= 4 is 44.1 Å². The number of hydrogen-bond donors (Lipinski definition) is 2. The van der Waals surface area contributed by atoms with Crippen molar-refractivity contribution in [2.24, 2.45) is 0 Å². The number of aromatic amines is 2. The summed E-state index contributed by atoms with van der Waals surface area (Å²) in [5.41, 5.74) is 27.8. The van der Waals surface area contributed by atoms with E-state index in [0.717, 1.165) is 220 Å². The van der Waals surface area contributed by atoms with Crippen LogP contribution < -0.4 is 0 Å². The van der Waals surface area contributed by atoms with Gasteiger partial charge in [-0.25, -0.2) is 29.9 Å². The van der Waals surface area contributed by atoms with E-state index in [1.807, 2.05) is 0 Å². The Hall–Kier alpha value is -12.0. The Morgan fingerprint density at radius 2 is 0.304 bits per heavy atom. The first-order chi connectivity index (χ1) is 55.5. The minimum Gasteiger partial charge on any atom is -0.324 e. The van der Waals surface area contributed by atoms with Crippen LogP contribution in [0.5, 0.6) is 0 Å². The first-order valence-corrected chi connectivity index (χ1v) is 41.3. The average molecular weight is 1460 g/mol. The van der Waals surface area contributed by atoms with Gasteiger partial charge in [0.15, 0.2) is 23.3 Å². The van der Waals surface area contributed by atoms with Gasteiger partial charge in [0.25, 0.3) is 0 Å². The molecule has 0 amide bonds. The van der Waals surface area contributed by atoms with Crippen molar-refractivity contribution in [2.45, 2.75) is 154 Å². The number of fused-ring (bicyclic) bond motifs is 20. The van der Waals surface area contributed by atoms with Crippen LogP contribution in [-0.2, 0) is 103 Å². The molecule has 12 aromatic carbocycles. The van der Waals surface area contributed by atoms with Crippen LogP contribution >= 0.6 is 0 Å². The molecule has 3 aromatic heterocycles. The van der Waals surface area contributed by atoms with E-state index in [1.54, 1.807) is 0 Å². The summed E-state index contributed by atoms with van der Waals surface area (Å²) in [5, 5.41) is 4.38. The fourth-order valence-corrected chi connectivity index (χ4v) is 17.5. The Kier molecular flexibility index (Phi) is 23.0. The first-order valence-electron chi connectivity index (χ1n) is 41.3. The van der Waals surface area contributed by atoms with Gasteiger partial charge in [-0.3, -0.25) is 0 Å². The van der Waals surface area contributed by atoms with Gasteiger partial charge < -0.3 is 9.97 Å². The van der Waals surface area contributed by atoms with Gasteiger partial charge in [0.2, 0.25) is 0 Å². The van der Waals surface area contributed by atoms with Crippen LogP contribution in [0.3, 0.4) is 0 Å². The second-order valence-electron chi connectivity index (χ2n) is 30.9. The Morgan fingerprint density at radius 3 is 0.473 bits per heavy atom. The zero-order valence-corrected chi connectivity index (χ0v) is 64.4. The number of hydrogen-bond acceptors (Lipinski definition) is 6. The topological polar surface area (TPSA) is 109 Å². The van der Waals surface area contributed by atoms with Crippen molar-refractivity contribution in [3.05, 3.63) is 380 Å². The summed E-state index contributed by atoms with van der Waals surface area (Å²) in [5.74, 6) is 2.69. The van der Waals surface area contributed by atoms with Crippen LogP contribution in [-0.4, -0.2) is 39.9 Å². The van der Waals surface area contributed by atoms with Gasteiger partial charge in [-0.05, 0) is 243 Å². The Morgan fingerprint density at radius 1 is 0.152 bits per heavy atom. The molecule has 112 heavy (non-hydrogen) atoms. The standard InChI is InChI=1S/C104H98N8/c1-9-33-73(34-10-1)49-25-57-81-65-66-82(58-26-50-74-35-11-2-12-36-74)90-89(81)97-105-98(90)110-100-93-85(61-29-53-77-41-17-5-18-42-77)69-70-86(62-30-54-78-43-19-6-20-44-78)94(93)102(107-100)112-104-96-88(64-32-56-80-47-23-8-24-48-80)72-71-87(63-31-55-79-45-21-7-22-46-79)95(96)103(108-104)111-101-92-84(60-28-52-76-39-15-4-16-40-76)68-67-83(91(92)99(106-101)109-97)59-27-51-75-37-13-3-14-38-75/h1-24,33-48,65-72H,25-32,49-64H2,(H2,105,106,107,108,109,110,111,112). The third kappa shape index (κ3) is 17.1. The maximum atomic E-state index is 6.13. The van der Waals surface area contributed by atoms with E-state index in [0.29, 0.717) is 23.3 Å². The summed E-state index contributed by atoms with van der Waals surface area (Å²) in [6.45, 7) is 0. The number of H-pyrrole nitrogens is 2. The number of aromatic nitrogens is 8. The lowest BCUT2D eigenvalue weighted by molar-refractivity contribution is 0.812. The fraction of sp³-hybridized carbons (Fsp3) is 0.231. The van der Waals surface area contributed by atoms with Gasteiger partial charge in [0.1, 0.15) is 22.6 Å². The normalized spacial score (nSPS) is 11.7. The van der Waals surface area contributed by atoms with Gasteiger partial charge >= 0.3 is 0 Å². The quantitative estimate of drug-likeness (QED) is 0.0435. The first kappa shape index (κ1) is 72.8. The molecule has 5 heterocycles. The van der Waals surface area contributed by atoms with E-state index in [2.05, 4.69) is 301 Å². The summed E-state index contributed by atoms with van der Waals surface area (Å²) in [4.78, 5) is 44.7. The van der Waals surface area contributed by atoms with Crippen LogP contribution in [0.15, 0.2) is 291 Å². The molecular weight excluding hydrogens is 1360 g/mol. The number of nitrogens with one attached hydrogen (secondary N) is 2. The predicted molar refractivity (Wildman–Crippen MR) is 464 cm³/mol. The molecule has 2 aliphatic heterocycles. The Bertz CT molecular complexity index is 5150. The summed E-state index contributed by atoms with van der Waals surface area (Å²) in [6.07, 6.45) is 21.9. The zero-order chi connectivity index (χ0) is 75.0. The van der Waals surface area contributed by atoms with Crippen LogP contribution in [0.2, 0.25) is 0 Å². The molecule has 0 atom stereocenters. The Labute approximate surface area is 659 Å². The van der Waals surface area contributed by atoms with E-state index in [9.17, 15) is 0 Å². The minimum absolute atomic E-state index is 0.672. The number of aryl methyl sites for hydroxylation is 16. The molecule has 8 bridgehead atoms. The molecule has 0 spiro atoms. The van der Waals surface area contributed by atoms with Gasteiger partial charge in [0, 0.05) is 43.8 Å². The molecule has 8 heteroatoms. The smallest absolute Gasteiger partial charge is 0.165 e. The fourth-order valence-electron chi connectivity index (χ4n) is 17.5. The van der Waals surface area contributed by atoms with Gasteiger partial charge in [0.05, 0.1) is 0 Å². The molecule has 0 fully saturated rings. The number of benzene rings is 12. The molecular formula is C104H98N8. The van der Waals surface area contributed by atoms with Crippen LogP contribution in [0.1, 0.15) is 140 Å². The van der Waals surface area contributed by atoms with Gasteiger partial charge in [-0.15, -0.1) is 0 Å². The van der Waals surface area contributed by atoms with Gasteiger partial charge in [-0.2, -0.15) is 0 Å². The second-order valence-corrected chi connectivity index (χ2v) is 30.9. The maximum absolute atomic E-state index is 6.13. The van der Waals surface area contributed by atoms with Crippen molar-refractivity contribution in [1.29, 1.82) is 0 Å². The third-order valence-electron chi connectivity index (χ3n) is 23.2. The molecule has 17 rings (SSSR count). The van der Waals surface area contributed by atoms with E-state index in [-0.39, 0.29) is 0 Å². The van der Waals surface area contributed by atoms with Crippen molar-refractivity contribution < 1.29 is 0 Å². The lowest BCUT2D eigenvalue weighted by Gasteiger charge is -2.14. The highest BCUT2D eigenvalue weighted by molar-refractivity contribution is 6.10. The Balaban J connectivity index is 0.960. The van der Waals surface area contributed by atoms with E-state index >= 15 is 0 Å². The largest absolute Gasteiger partial charge is 0.324 e. The molecule has 15 aromatic rings. The summed E-state index contributed by atoms with van der Waals surface area (Å²) in [7, 11) is 0. The monoisotopic (exact) mass is 1460 g/mol. The van der Waals surface area contributed by atoms with E-state index < -0.39 is 0 Å². The lowest BCUT2D eigenvalue weighted by Crippen LogP contribution is -1.99. The van der Waals surface area contributed by atoms with Crippen molar-refractivity contribution in [3.8, 4) is 45.6 Å². The SMILES string of the molecule is c1ccc(CCCc2ccc(CCCc3ccccc3)c3c2-c2nc-3nc3[nH]c(nc4nc(nc5[nH]c(n2)c2c(CCCc6ccccc6)ccc(CCCc6ccccc6)c52)-c2c(CCCc5ccccc5)ccc(CCCc5ccccc5)c2-4)c2c(CCCc4ccccc4)ccc(CCCc4ccccc4)c32)cc1. The van der Waals surface area contributed by atoms with Crippen LogP contribution in [0, 0.1) is 0 Å². The predicted octanol–water partition coefficient (Wildman–Crippen LogP) is 24.3. The maximum Gasteiger partial charge on any atom is 0.165 e. The van der Waals surface area contributed by atoms with Crippen LogP contribution in [0.25, 0.3) is 89.7 Å². The van der Waals surface area contributed by atoms with Crippen LogP contribution in [0.4, 0.5) is 0 Å². The van der Waals surface area contributed by atoms with Crippen molar-refractivity contribution in [3.63, 3.8) is 0 Å². The number of rotatable bonds is 32. The van der Waals surface area contributed by atoms with Crippen molar-refractivity contribution in [2.75, 3.05) is 0 Å². The van der Waals surface area contributed by atoms with Gasteiger partial charge in [-0.1, -0.05) is 291 Å². The molecule has 0 radical (unpaired) electrons. The highest BCUT2D eigenvalue weighted by atomic mass is 15.1. The van der Waals surface area contributed by atoms with E-state index in [1.165, 1.54) is 89.0 Å². The highest BCUT2D eigenvalue weighted by Crippen LogP contribution is 2.45. The summed E-state index contributed by atoms with van der Waals surface area (Å²) in [6, 6.07) is 107. The molecule has 8 nitrogen and oxygen atoms in total. The highest BCUT2D eigenvalue weighted by Gasteiger charge is 2.31. The van der Waals surface area contributed by atoms with Crippen molar-refractivity contribution in [1.82, 2.24) is 39.9 Å². The zero-order valence-electron chi connectivity index (χ0n) is 64.4. The minimum atomic E-state index is 0.672.